The molecular weight excluding hydrogens is 264 g/mol. The second-order valence-electron chi connectivity index (χ2n) is 4.84. The molecule has 1 aromatic rings. The molecular formula is C12H20N4O2S. The van der Waals surface area contributed by atoms with Crippen LogP contribution in [0.15, 0.2) is 0 Å². The van der Waals surface area contributed by atoms with Crippen molar-refractivity contribution in [3.8, 4) is 0 Å². The quantitative estimate of drug-likeness (QED) is 0.857. The second-order valence-corrected chi connectivity index (χ2v) is 5.60. The maximum Gasteiger partial charge on any atom is 0.267 e. The van der Waals surface area contributed by atoms with E-state index in [-0.39, 0.29) is 12.0 Å². The minimum Gasteiger partial charge on any atom is -0.392 e. The molecule has 0 saturated carbocycles. The molecule has 7 heteroatoms. The maximum absolute atomic E-state index is 12.4. The summed E-state index contributed by atoms with van der Waals surface area (Å²) in [6, 6.07) is 0. The van der Waals surface area contributed by atoms with Crippen LogP contribution in [0.25, 0.3) is 0 Å². The van der Waals surface area contributed by atoms with E-state index in [1.54, 1.807) is 6.92 Å². The summed E-state index contributed by atoms with van der Waals surface area (Å²) < 4.78 is 3.86. The van der Waals surface area contributed by atoms with Gasteiger partial charge in [0.05, 0.1) is 11.8 Å². The van der Waals surface area contributed by atoms with E-state index in [0.717, 1.165) is 25.2 Å². The molecule has 2 heterocycles. The molecule has 0 aromatic carbocycles. The molecule has 19 heavy (non-hydrogen) atoms. The Morgan fingerprint density at radius 3 is 2.68 bits per heavy atom. The number of hydrogen-bond acceptors (Lipinski definition) is 6. The zero-order valence-corrected chi connectivity index (χ0v) is 12.2. The first kappa shape index (κ1) is 14.4. The summed E-state index contributed by atoms with van der Waals surface area (Å²) >= 11 is 1.18. The van der Waals surface area contributed by atoms with Crippen molar-refractivity contribution in [3.05, 3.63) is 10.6 Å². The fourth-order valence-corrected chi connectivity index (χ4v) is 2.97. The Balaban J connectivity index is 1.92. The zero-order valence-electron chi connectivity index (χ0n) is 11.4. The predicted molar refractivity (Wildman–Crippen MR) is 73.3 cm³/mol. The predicted octanol–water partition coefficient (Wildman–Crippen LogP) is 0.239. The number of aryl methyl sites for hydroxylation is 1. The van der Waals surface area contributed by atoms with Crippen LogP contribution in [0.2, 0.25) is 0 Å². The third kappa shape index (κ3) is 3.49. The number of rotatable bonds is 4. The Morgan fingerprint density at radius 2 is 2.11 bits per heavy atom. The summed E-state index contributed by atoms with van der Waals surface area (Å²) in [6.07, 6.45) is 0.416. The number of amides is 1. The minimum absolute atomic E-state index is 0.0450. The van der Waals surface area contributed by atoms with Crippen LogP contribution >= 0.6 is 11.5 Å². The van der Waals surface area contributed by atoms with Crippen molar-refractivity contribution < 1.29 is 9.90 Å². The molecule has 106 valence electrons. The summed E-state index contributed by atoms with van der Waals surface area (Å²) in [5.74, 6) is 0.0450. The van der Waals surface area contributed by atoms with Gasteiger partial charge in [0.15, 0.2) is 0 Å². The van der Waals surface area contributed by atoms with E-state index in [1.807, 2.05) is 11.8 Å². The molecule has 1 aliphatic heterocycles. The number of hydrogen-bond donors (Lipinski definition) is 1. The average molecular weight is 284 g/mol. The molecule has 1 N–H and O–H groups in total. The third-order valence-corrected chi connectivity index (χ3v) is 4.02. The Bertz CT molecular complexity index is 427. The Morgan fingerprint density at radius 1 is 1.42 bits per heavy atom. The highest BCUT2D eigenvalue weighted by Gasteiger charge is 2.25. The molecule has 0 spiro atoms. The van der Waals surface area contributed by atoms with E-state index >= 15 is 0 Å². The number of aromatic nitrogens is 2. The Kier molecular flexibility index (Phi) is 4.84. The van der Waals surface area contributed by atoms with Gasteiger partial charge in [-0.25, -0.2) is 0 Å². The lowest BCUT2D eigenvalue weighted by molar-refractivity contribution is 0.0557. The van der Waals surface area contributed by atoms with E-state index in [9.17, 15) is 9.90 Å². The number of aliphatic hydroxyl groups is 1. The highest BCUT2D eigenvalue weighted by atomic mass is 32.1. The fourth-order valence-electron chi connectivity index (χ4n) is 2.25. The van der Waals surface area contributed by atoms with E-state index < -0.39 is 0 Å². The lowest BCUT2D eigenvalue weighted by Crippen LogP contribution is -2.50. The van der Waals surface area contributed by atoms with Gasteiger partial charge < -0.3 is 10.0 Å². The van der Waals surface area contributed by atoms with Gasteiger partial charge in [0.25, 0.3) is 5.91 Å². The number of aliphatic hydroxyl groups excluding tert-OH is 1. The highest BCUT2D eigenvalue weighted by molar-refractivity contribution is 7.08. The van der Waals surface area contributed by atoms with E-state index in [2.05, 4.69) is 14.5 Å². The number of carbonyl (C=O) groups is 1. The van der Waals surface area contributed by atoms with E-state index in [4.69, 9.17) is 0 Å². The minimum atomic E-state index is -0.320. The molecule has 0 unspecified atom stereocenters. The highest BCUT2D eigenvalue weighted by Crippen LogP contribution is 2.15. The molecule has 0 radical (unpaired) electrons. The van der Waals surface area contributed by atoms with Crippen molar-refractivity contribution in [2.24, 2.45) is 0 Å². The molecule has 1 atom stereocenters. The molecule has 1 aromatic heterocycles. The molecule has 2 rings (SSSR count). The average Bonchev–Trinajstić information content (AvgIpc) is 2.86. The number of piperazine rings is 1. The van der Waals surface area contributed by atoms with Gasteiger partial charge in [-0.1, -0.05) is 11.4 Å². The van der Waals surface area contributed by atoms with Crippen LogP contribution < -0.4 is 0 Å². The summed E-state index contributed by atoms with van der Waals surface area (Å²) in [5.41, 5.74) is 0.793. The van der Waals surface area contributed by atoms with Gasteiger partial charge in [-0.05, 0) is 24.9 Å². The van der Waals surface area contributed by atoms with Crippen LogP contribution in [0, 0.1) is 0 Å². The smallest absolute Gasteiger partial charge is 0.267 e. The summed E-state index contributed by atoms with van der Waals surface area (Å²) in [5, 5.41) is 13.3. The van der Waals surface area contributed by atoms with E-state index in [0.29, 0.717) is 24.5 Å². The van der Waals surface area contributed by atoms with Crippen molar-refractivity contribution in [2.75, 3.05) is 32.7 Å². The van der Waals surface area contributed by atoms with Crippen LogP contribution in [0.5, 0.6) is 0 Å². The van der Waals surface area contributed by atoms with Crippen molar-refractivity contribution in [3.63, 3.8) is 0 Å². The van der Waals surface area contributed by atoms with Crippen LogP contribution in [-0.4, -0.2) is 69.2 Å². The molecule has 6 nitrogen and oxygen atoms in total. The van der Waals surface area contributed by atoms with Gasteiger partial charge in [-0.3, -0.25) is 9.69 Å². The fraction of sp³-hybridized carbons (Fsp3) is 0.750. The van der Waals surface area contributed by atoms with Crippen LogP contribution in [-0.2, 0) is 6.42 Å². The zero-order chi connectivity index (χ0) is 13.8. The number of nitrogens with zero attached hydrogens (tertiary/aromatic N) is 4. The van der Waals surface area contributed by atoms with Gasteiger partial charge in [0, 0.05) is 32.7 Å². The van der Waals surface area contributed by atoms with Gasteiger partial charge in [0.2, 0.25) is 0 Å². The van der Waals surface area contributed by atoms with Crippen LogP contribution in [0.3, 0.4) is 0 Å². The first-order valence-corrected chi connectivity index (χ1v) is 7.40. The summed E-state index contributed by atoms with van der Waals surface area (Å²) in [6.45, 7) is 7.46. The van der Waals surface area contributed by atoms with Gasteiger partial charge >= 0.3 is 0 Å². The molecule has 1 saturated heterocycles. The number of carbonyl (C=O) groups excluding carboxylic acids is 1. The Labute approximate surface area is 117 Å². The lowest BCUT2D eigenvalue weighted by Gasteiger charge is -2.35. The molecule has 0 bridgehead atoms. The largest absolute Gasteiger partial charge is 0.392 e. The van der Waals surface area contributed by atoms with E-state index in [1.165, 1.54) is 11.5 Å². The summed E-state index contributed by atoms with van der Waals surface area (Å²) in [4.78, 5) is 17.1. The molecule has 1 amide bonds. The first-order valence-electron chi connectivity index (χ1n) is 6.62. The lowest BCUT2D eigenvalue weighted by atomic mass is 10.2. The van der Waals surface area contributed by atoms with Crippen molar-refractivity contribution >= 4 is 17.4 Å². The van der Waals surface area contributed by atoms with Gasteiger partial charge in [-0.2, -0.15) is 0 Å². The van der Waals surface area contributed by atoms with Gasteiger partial charge in [0.1, 0.15) is 4.88 Å². The van der Waals surface area contributed by atoms with Crippen LogP contribution in [0.1, 0.15) is 29.2 Å². The Hall–Kier alpha value is -1.05. The van der Waals surface area contributed by atoms with Crippen molar-refractivity contribution in [2.45, 2.75) is 26.4 Å². The van der Waals surface area contributed by atoms with Crippen molar-refractivity contribution in [1.29, 1.82) is 0 Å². The normalized spacial score (nSPS) is 18.6. The van der Waals surface area contributed by atoms with Crippen LogP contribution in [0.4, 0.5) is 0 Å². The summed E-state index contributed by atoms with van der Waals surface area (Å²) in [7, 11) is 0. The second kappa shape index (κ2) is 6.40. The standard InChI is InChI=1S/C12H20N4O2S/c1-3-10-11(19-14-13-10)12(18)16-6-4-15(5-7-16)8-9(2)17/h9,17H,3-8H2,1-2H3/t9-/m1/s1. The first-order chi connectivity index (χ1) is 9.11. The third-order valence-electron chi connectivity index (χ3n) is 3.27. The number of β-amino-alcohol motifs (C(OH)–C–C–N with tert-alkyl or cyclic N) is 1. The van der Waals surface area contributed by atoms with Gasteiger partial charge in [-0.15, -0.1) is 5.10 Å². The van der Waals surface area contributed by atoms with Crippen molar-refractivity contribution in [1.82, 2.24) is 19.4 Å². The maximum atomic E-state index is 12.4. The molecule has 1 aliphatic rings. The topological polar surface area (TPSA) is 69.6 Å². The molecule has 0 aliphatic carbocycles. The SMILES string of the molecule is CCc1nnsc1C(=O)N1CCN(C[C@@H](C)O)CC1. The molecule has 1 fully saturated rings. The monoisotopic (exact) mass is 284 g/mol.